The minimum atomic E-state index is 0.712. The number of hydrogen-bond acceptors (Lipinski definition) is 1. The van der Waals surface area contributed by atoms with Crippen molar-refractivity contribution < 1.29 is 4.74 Å². The van der Waals surface area contributed by atoms with E-state index < -0.39 is 0 Å². The molecule has 0 heterocycles. The third kappa shape index (κ3) is 6.65. The van der Waals surface area contributed by atoms with Crippen molar-refractivity contribution in [1.82, 2.24) is 0 Å². The molecule has 1 heteroatoms. The topological polar surface area (TPSA) is 9.23 Å². The summed E-state index contributed by atoms with van der Waals surface area (Å²) in [7, 11) is 0. The van der Waals surface area contributed by atoms with Gasteiger partial charge in [0, 0.05) is 0 Å². The minimum Gasteiger partial charge on any atom is -0.373 e. The summed E-state index contributed by atoms with van der Waals surface area (Å²) < 4.78 is 5.67. The molecular weight excluding hydrogens is 292 g/mol. The highest BCUT2D eigenvalue weighted by atomic mass is 16.5. The molecule has 1 fully saturated rings. The van der Waals surface area contributed by atoms with Gasteiger partial charge in [-0.2, -0.15) is 0 Å². The Balaban J connectivity index is 1.74. The Bertz CT molecular complexity index is 489. The molecule has 1 aliphatic rings. The van der Waals surface area contributed by atoms with Crippen LogP contribution >= 0.6 is 0 Å². The maximum absolute atomic E-state index is 5.67. The second kappa shape index (κ2) is 11.3. The minimum absolute atomic E-state index is 0.712. The molecule has 1 aromatic carbocycles. The average Bonchev–Trinajstić information content (AvgIpc) is 2.63. The molecule has 0 unspecified atom stereocenters. The van der Waals surface area contributed by atoms with Crippen LogP contribution in [-0.4, -0.2) is 6.61 Å². The third-order valence-corrected chi connectivity index (χ3v) is 4.97. The Morgan fingerprint density at radius 3 is 2.38 bits per heavy atom. The second-order valence-corrected chi connectivity index (χ2v) is 6.96. The van der Waals surface area contributed by atoms with Crippen LogP contribution < -0.4 is 0 Å². The summed E-state index contributed by atoms with van der Waals surface area (Å²) in [6.45, 7) is 5.82. The van der Waals surface area contributed by atoms with Crippen LogP contribution in [0.1, 0.15) is 75.8 Å². The lowest BCUT2D eigenvalue weighted by Crippen LogP contribution is -2.11. The molecule has 0 N–H and O–H groups in total. The van der Waals surface area contributed by atoms with E-state index in [1.54, 1.807) is 0 Å². The first-order valence-electron chi connectivity index (χ1n) is 9.81. The molecule has 1 saturated carbocycles. The molecular formula is C23H34O. The normalized spacial score (nSPS) is 21.8. The van der Waals surface area contributed by atoms with Crippen LogP contribution in [0.5, 0.6) is 0 Å². The SMILES string of the molecule is CCC=CCOCc1ccc([C@H]2CC[C@H](C=CCCC)CC2)cc1. The molecule has 0 amide bonds. The number of benzene rings is 1. The van der Waals surface area contributed by atoms with E-state index in [2.05, 4.69) is 62.4 Å². The van der Waals surface area contributed by atoms with Crippen LogP contribution in [0.4, 0.5) is 0 Å². The van der Waals surface area contributed by atoms with Crippen LogP contribution in [0.2, 0.25) is 0 Å². The van der Waals surface area contributed by atoms with Gasteiger partial charge in [-0.25, -0.2) is 0 Å². The lowest BCUT2D eigenvalue weighted by molar-refractivity contribution is 0.148. The first kappa shape index (κ1) is 19.0. The summed E-state index contributed by atoms with van der Waals surface area (Å²) >= 11 is 0. The molecule has 0 saturated heterocycles. The largest absolute Gasteiger partial charge is 0.373 e. The van der Waals surface area contributed by atoms with Gasteiger partial charge in [0.2, 0.25) is 0 Å². The van der Waals surface area contributed by atoms with Crippen molar-refractivity contribution in [3.8, 4) is 0 Å². The van der Waals surface area contributed by atoms with Gasteiger partial charge in [-0.05, 0) is 61.5 Å². The van der Waals surface area contributed by atoms with Crippen molar-refractivity contribution in [1.29, 1.82) is 0 Å². The second-order valence-electron chi connectivity index (χ2n) is 6.96. The lowest BCUT2D eigenvalue weighted by atomic mass is 9.78. The van der Waals surface area contributed by atoms with E-state index in [1.807, 2.05) is 0 Å². The number of hydrogen-bond donors (Lipinski definition) is 0. The van der Waals surface area contributed by atoms with Gasteiger partial charge in [0.05, 0.1) is 13.2 Å². The summed E-state index contributed by atoms with van der Waals surface area (Å²) in [5.74, 6) is 1.57. The maximum atomic E-state index is 5.67. The molecule has 24 heavy (non-hydrogen) atoms. The predicted octanol–water partition coefficient (Wildman–Crippen LogP) is 6.80. The fourth-order valence-electron chi connectivity index (χ4n) is 3.47. The van der Waals surface area contributed by atoms with E-state index in [9.17, 15) is 0 Å². The van der Waals surface area contributed by atoms with Gasteiger partial charge in [-0.1, -0.05) is 68.8 Å². The number of allylic oxidation sites excluding steroid dienone is 3. The zero-order valence-electron chi connectivity index (χ0n) is 15.5. The highest BCUT2D eigenvalue weighted by Gasteiger charge is 2.20. The summed E-state index contributed by atoms with van der Waals surface area (Å²) in [6, 6.07) is 9.12. The van der Waals surface area contributed by atoms with Crippen LogP contribution in [0, 0.1) is 5.92 Å². The van der Waals surface area contributed by atoms with E-state index in [-0.39, 0.29) is 0 Å². The monoisotopic (exact) mass is 326 g/mol. The van der Waals surface area contributed by atoms with Crippen molar-refractivity contribution in [3.63, 3.8) is 0 Å². The summed E-state index contributed by atoms with van der Waals surface area (Å²) in [6.07, 6.45) is 18.0. The Labute approximate surface area is 148 Å². The number of unbranched alkanes of at least 4 members (excludes halogenated alkanes) is 1. The van der Waals surface area contributed by atoms with E-state index in [0.29, 0.717) is 13.2 Å². The standard InChI is InChI=1S/C23H34O/c1-3-5-7-9-20-10-14-22(15-11-20)23-16-12-21(13-17-23)19-24-18-8-6-4-2/h6-9,12-13,16-17,20,22H,3-5,10-11,14-15,18-19H2,1-2H3/t20-,22-. The molecule has 0 aromatic heterocycles. The van der Waals surface area contributed by atoms with Crippen molar-refractivity contribution >= 4 is 0 Å². The highest BCUT2D eigenvalue weighted by Crippen LogP contribution is 2.36. The van der Waals surface area contributed by atoms with Gasteiger partial charge in [0.15, 0.2) is 0 Å². The first-order valence-corrected chi connectivity index (χ1v) is 9.81. The summed E-state index contributed by atoms with van der Waals surface area (Å²) in [4.78, 5) is 0. The molecule has 0 spiro atoms. The fraction of sp³-hybridized carbons (Fsp3) is 0.565. The van der Waals surface area contributed by atoms with E-state index in [4.69, 9.17) is 4.74 Å². The van der Waals surface area contributed by atoms with Gasteiger partial charge >= 0.3 is 0 Å². The Morgan fingerprint density at radius 1 is 0.958 bits per heavy atom. The van der Waals surface area contributed by atoms with E-state index in [0.717, 1.165) is 18.3 Å². The van der Waals surface area contributed by atoms with Crippen molar-refractivity contribution in [2.24, 2.45) is 5.92 Å². The zero-order valence-corrected chi connectivity index (χ0v) is 15.5. The van der Waals surface area contributed by atoms with Crippen LogP contribution in [0.15, 0.2) is 48.6 Å². The van der Waals surface area contributed by atoms with E-state index in [1.165, 1.54) is 49.7 Å². The average molecular weight is 327 g/mol. The van der Waals surface area contributed by atoms with Gasteiger partial charge in [-0.3, -0.25) is 0 Å². The maximum Gasteiger partial charge on any atom is 0.0721 e. The van der Waals surface area contributed by atoms with Crippen LogP contribution in [-0.2, 0) is 11.3 Å². The molecule has 0 bridgehead atoms. The molecule has 2 rings (SSSR count). The number of ether oxygens (including phenoxy) is 1. The summed E-state index contributed by atoms with van der Waals surface area (Å²) in [5, 5.41) is 0. The zero-order chi connectivity index (χ0) is 17.0. The van der Waals surface area contributed by atoms with E-state index >= 15 is 0 Å². The van der Waals surface area contributed by atoms with Crippen molar-refractivity contribution in [2.45, 2.75) is 71.3 Å². The highest BCUT2D eigenvalue weighted by molar-refractivity contribution is 5.25. The fourth-order valence-corrected chi connectivity index (χ4v) is 3.47. The Morgan fingerprint density at radius 2 is 1.71 bits per heavy atom. The van der Waals surface area contributed by atoms with Crippen LogP contribution in [0.25, 0.3) is 0 Å². The van der Waals surface area contributed by atoms with Gasteiger partial charge in [0.25, 0.3) is 0 Å². The molecule has 0 radical (unpaired) electrons. The quantitative estimate of drug-likeness (QED) is 0.358. The van der Waals surface area contributed by atoms with Crippen LogP contribution in [0.3, 0.4) is 0 Å². The smallest absolute Gasteiger partial charge is 0.0721 e. The Kier molecular flexibility index (Phi) is 8.91. The van der Waals surface area contributed by atoms with Gasteiger partial charge < -0.3 is 4.74 Å². The van der Waals surface area contributed by atoms with Gasteiger partial charge in [0.1, 0.15) is 0 Å². The Hall–Kier alpha value is -1.34. The van der Waals surface area contributed by atoms with Crippen molar-refractivity contribution in [2.75, 3.05) is 6.61 Å². The molecule has 1 aliphatic carbocycles. The molecule has 0 atom stereocenters. The first-order chi connectivity index (χ1) is 11.8. The summed E-state index contributed by atoms with van der Waals surface area (Å²) in [5.41, 5.74) is 2.79. The molecule has 132 valence electrons. The number of rotatable bonds is 9. The molecule has 1 nitrogen and oxygen atoms in total. The molecule has 0 aliphatic heterocycles. The lowest BCUT2D eigenvalue weighted by Gasteiger charge is -2.27. The third-order valence-electron chi connectivity index (χ3n) is 4.97. The van der Waals surface area contributed by atoms with Crippen molar-refractivity contribution in [3.05, 3.63) is 59.7 Å². The van der Waals surface area contributed by atoms with Gasteiger partial charge in [-0.15, -0.1) is 0 Å². The predicted molar refractivity (Wildman–Crippen MR) is 104 cm³/mol. The molecule has 1 aromatic rings.